The smallest absolute Gasteiger partial charge is 0.322 e. The summed E-state index contributed by atoms with van der Waals surface area (Å²) in [5.74, 6) is -0.494. The first kappa shape index (κ1) is 20.4. The van der Waals surface area contributed by atoms with E-state index in [4.69, 9.17) is 11.6 Å². The number of halogens is 1. The van der Waals surface area contributed by atoms with Crippen LogP contribution in [0.15, 0.2) is 53.0 Å². The molecule has 156 valence electrons. The highest BCUT2D eigenvalue weighted by Gasteiger charge is 2.43. The Labute approximate surface area is 183 Å². The van der Waals surface area contributed by atoms with E-state index in [-0.39, 0.29) is 30.9 Å². The average Bonchev–Trinajstić information content (AvgIpc) is 3.34. The monoisotopic (exact) mass is 444 g/mol. The predicted octanol–water partition coefficient (Wildman–Crippen LogP) is 2.55. The fraction of sp³-hybridized carbons (Fsp3) is 0.286. The third kappa shape index (κ3) is 3.93. The number of benzene rings is 1. The van der Waals surface area contributed by atoms with E-state index in [9.17, 15) is 14.4 Å². The zero-order valence-electron chi connectivity index (χ0n) is 16.4. The van der Waals surface area contributed by atoms with Gasteiger partial charge in [-0.2, -0.15) is 0 Å². The number of carbonyl (C=O) groups excluding carboxylic acids is 3. The molecule has 2 aromatic rings. The molecule has 1 atom stereocenters. The van der Waals surface area contributed by atoms with Crippen LogP contribution in [0.2, 0.25) is 5.02 Å². The molecule has 2 N–H and O–H groups in total. The standard InChI is InChI=1S/C21H21ClN4O3S/c1-25-16-11-26(12-17(27)23-9-8-13-5-4-10-30-13)20(28)18(16)19(24-21(25)29)14-6-2-3-7-15(14)22/h2-7,10,19H,8-9,11-12H2,1H3,(H,23,27)(H,24,29). The lowest BCUT2D eigenvalue weighted by Crippen LogP contribution is -2.45. The van der Waals surface area contributed by atoms with Crippen LogP contribution >= 0.6 is 22.9 Å². The molecule has 0 radical (unpaired) electrons. The van der Waals surface area contributed by atoms with Crippen molar-refractivity contribution >= 4 is 40.8 Å². The fourth-order valence-corrected chi connectivity index (χ4v) is 4.66. The summed E-state index contributed by atoms with van der Waals surface area (Å²) in [6.45, 7) is 0.654. The minimum Gasteiger partial charge on any atom is -0.354 e. The van der Waals surface area contributed by atoms with Crippen LogP contribution in [0.4, 0.5) is 4.79 Å². The van der Waals surface area contributed by atoms with Gasteiger partial charge in [-0.25, -0.2) is 4.79 Å². The average molecular weight is 445 g/mol. The molecule has 1 aromatic heterocycles. The molecule has 3 heterocycles. The first-order valence-electron chi connectivity index (χ1n) is 9.55. The Morgan fingerprint density at radius 3 is 2.80 bits per heavy atom. The molecule has 0 bridgehead atoms. The summed E-state index contributed by atoms with van der Waals surface area (Å²) < 4.78 is 0. The van der Waals surface area contributed by atoms with E-state index in [1.165, 1.54) is 14.7 Å². The van der Waals surface area contributed by atoms with E-state index >= 15 is 0 Å². The van der Waals surface area contributed by atoms with Crippen molar-refractivity contribution in [1.82, 2.24) is 20.4 Å². The van der Waals surface area contributed by atoms with Crippen molar-refractivity contribution in [3.05, 3.63) is 68.5 Å². The molecule has 4 amide bonds. The van der Waals surface area contributed by atoms with Gasteiger partial charge in [-0.15, -0.1) is 11.3 Å². The summed E-state index contributed by atoms with van der Waals surface area (Å²) in [6.07, 6.45) is 0.752. The molecular formula is C21H21ClN4O3S. The van der Waals surface area contributed by atoms with Gasteiger partial charge in [0.15, 0.2) is 0 Å². The Morgan fingerprint density at radius 2 is 2.07 bits per heavy atom. The van der Waals surface area contributed by atoms with E-state index in [0.717, 1.165) is 6.42 Å². The number of nitrogens with zero attached hydrogens (tertiary/aromatic N) is 2. The van der Waals surface area contributed by atoms with Crippen molar-refractivity contribution in [1.29, 1.82) is 0 Å². The summed E-state index contributed by atoms with van der Waals surface area (Å²) in [7, 11) is 1.62. The Bertz CT molecular complexity index is 1020. The number of hydrogen-bond acceptors (Lipinski definition) is 4. The van der Waals surface area contributed by atoms with Crippen LogP contribution < -0.4 is 10.6 Å². The third-order valence-electron chi connectivity index (χ3n) is 5.26. The number of carbonyl (C=O) groups is 3. The first-order valence-corrected chi connectivity index (χ1v) is 10.8. The van der Waals surface area contributed by atoms with Gasteiger partial charge in [-0.3, -0.25) is 14.5 Å². The number of thiophene rings is 1. The number of urea groups is 1. The number of rotatable bonds is 6. The van der Waals surface area contributed by atoms with E-state index < -0.39 is 6.04 Å². The minimum absolute atomic E-state index is 0.0620. The molecule has 30 heavy (non-hydrogen) atoms. The predicted molar refractivity (Wildman–Crippen MR) is 115 cm³/mol. The topological polar surface area (TPSA) is 81.8 Å². The van der Waals surface area contributed by atoms with E-state index in [2.05, 4.69) is 10.6 Å². The maximum absolute atomic E-state index is 13.2. The molecule has 7 nitrogen and oxygen atoms in total. The van der Waals surface area contributed by atoms with Crippen LogP contribution in [0.3, 0.4) is 0 Å². The highest BCUT2D eigenvalue weighted by molar-refractivity contribution is 7.09. The molecule has 2 aliphatic rings. The Hall–Kier alpha value is -2.84. The normalized spacial score (nSPS) is 18.5. The van der Waals surface area contributed by atoms with Crippen molar-refractivity contribution in [3.63, 3.8) is 0 Å². The van der Waals surface area contributed by atoms with Gasteiger partial charge in [-0.1, -0.05) is 35.9 Å². The highest BCUT2D eigenvalue weighted by Crippen LogP contribution is 2.37. The van der Waals surface area contributed by atoms with Gasteiger partial charge in [0, 0.05) is 23.5 Å². The van der Waals surface area contributed by atoms with Crippen LogP contribution in [0.25, 0.3) is 0 Å². The molecule has 4 rings (SSSR count). The quantitative estimate of drug-likeness (QED) is 0.718. The lowest BCUT2D eigenvalue weighted by molar-refractivity contribution is -0.131. The first-order chi connectivity index (χ1) is 14.5. The Morgan fingerprint density at radius 1 is 1.27 bits per heavy atom. The second-order valence-corrected chi connectivity index (χ2v) is 8.60. The molecule has 1 aromatic carbocycles. The molecule has 0 aliphatic carbocycles. The van der Waals surface area contributed by atoms with Crippen LogP contribution in [-0.4, -0.2) is 54.3 Å². The molecule has 0 saturated carbocycles. The lowest BCUT2D eigenvalue weighted by Gasteiger charge is -2.31. The maximum Gasteiger partial charge on any atom is 0.322 e. The number of hydrogen-bond donors (Lipinski definition) is 2. The molecule has 0 fully saturated rings. The van der Waals surface area contributed by atoms with Crippen molar-refractivity contribution in [2.24, 2.45) is 0 Å². The van der Waals surface area contributed by atoms with Crippen LogP contribution in [0.1, 0.15) is 16.5 Å². The van der Waals surface area contributed by atoms with Gasteiger partial charge in [0.05, 0.1) is 23.9 Å². The van der Waals surface area contributed by atoms with Gasteiger partial charge in [0.2, 0.25) is 5.91 Å². The lowest BCUT2D eigenvalue weighted by atomic mass is 9.96. The van der Waals surface area contributed by atoms with Crippen molar-refractivity contribution in [2.75, 3.05) is 26.7 Å². The second-order valence-electron chi connectivity index (χ2n) is 7.16. The molecular weight excluding hydrogens is 424 g/mol. The summed E-state index contributed by atoms with van der Waals surface area (Å²) in [5.41, 5.74) is 1.71. The summed E-state index contributed by atoms with van der Waals surface area (Å²) in [4.78, 5) is 42.1. The van der Waals surface area contributed by atoms with Crippen molar-refractivity contribution in [2.45, 2.75) is 12.5 Å². The third-order valence-corrected chi connectivity index (χ3v) is 6.54. The maximum atomic E-state index is 13.2. The van der Waals surface area contributed by atoms with Crippen LogP contribution in [0, 0.1) is 0 Å². The Balaban J connectivity index is 1.47. The zero-order valence-corrected chi connectivity index (χ0v) is 17.9. The van der Waals surface area contributed by atoms with Gasteiger partial charge in [-0.05, 0) is 29.5 Å². The van der Waals surface area contributed by atoms with Gasteiger partial charge in [0.1, 0.15) is 6.54 Å². The minimum atomic E-state index is -0.642. The van der Waals surface area contributed by atoms with Crippen molar-refractivity contribution in [3.8, 4) is 0 Å². The van der Waals surface area contributed by atoms with Crippen molar-refractivity contribution < 1.29 is 14.4 Å². The second kappa shape index (κ2) is 8.49. The van der Waals surface area contributed by atoms with Crippen LogP contribution in [-0.2, 0) is 16.0 Å². The largest absolute Gasteiger partial charge is 0.354 e. The van der Waals surface area contributed by atoms with Gasteiger partial charge in [0.25, 0.3) is 5.91 Å². The highest BCUT2D eigenvalue weighted by atomic mass is 35.5. The van der Waals surface area contributed by atoms with E-state index in [1.54, 1.807) is 36.6 Å². The molecule has 0 spiro atoms. The van der Waals surface area contributed by atoms with Crippen LogP contribution in [0.5, 0.6) is 0 Å². The molecule has 1 unspecified atom stereocenters. The number of likely N-dealkylation sites (N-methyl/N-ethyl adjacent to an activating group) is 1. The van der Waals surface area contributed by atoms with Gasteiger partial charge >= 0.3 is 6.03 Å². The zero-order chi connectivity index (χ0) is 21.3. The number of amides is 4. The summed E-state index contributed by atoms with van der Waals surface area (Å²) >= 11 is 7.97. The fourth-order valence-electron chi connectivity index (χ4n) is 3.70. The molecule has 9 heteroatoms. The van der Waals surface area contributed by atoms with E-state index in [0.29, 0.717) is 28.4 Å². The Kier molecular flexibility index (Phi) is 5.78. The SMILES string of the molecule is CN1C(=O)NC(c2ccccc2Cl)C2=C1CN(CC(=O)NCCc1cccs1)C2=O. The number of nitrogens with one attached hydrogen (secondary N) is 2. The molecule has 0 saturated heterocycles. The summed E-state index contributed by atoms with van der Waals surface area (Å²) in [6, 6.07) is 10.2. The van der Waals surface area contributed by atoms with E-state index in [1.807, 2.05) is 23.6 Å². The molecule has 2 aliphatic heterocycles. The summed E-state index contributed by atoms with van der Waals surface area (Å²) in [5, 5.41) is 8.17. The van der Waals surface area contributed by atoms with Gasteiger partial charge < -0.3 is 15.5 Å².